The van der Waals surface area contributed by atoms with Gasteiger partial charge in [-0.25, -0.2) is 9.59 Å². The van der Waals surface area contributed by atoms with Crippen LogP contribution >= 0.6 is 0 Å². The first-order chi connectivity index (χ1) is 11.1. The average molecular weight is 343 g/mol. The van der Waals surface area contributed by atoms with Gasteiger partial charge in [0.05, 0.1) is 13.2 Å². The van der Waals surface area contributed by atoms with Gasteiger partial charge in [0, 0.05) is 19.1 Å². The fourth-order valence-corrected chi connectivity index (χ4v) is 4.09. The summed E-state index contributed by atoms with van der Waals surface area (Å²) in [5.41, 5.74) is -0.779. The first-order valence-electron chi connectivity index (χ1n) is 8.41. The lowest BCUT2D eigenvalue weighted by Gasteiger charge is -2.72. The summed E-state index contributed by atoms with van der Waals surface area (Å²) in [6.07, 6.45) is 2.72. The Kier molecular flexibility index (Phi) is 5.44. The van der Waals surface area contributed by atoms with Gasteiger partial charge in [0.1, 0.15) is 11.6 Å². The SMILES string of the molecule is COCCOCCC12CC(C(NC(=O)OC(C)(C)C)C(=O)O)(C1)C2. The molecule has 2 bridgehead atoms. The van der Waals surface area contributed by atoms with E-state index in [-0.39, 0.29) is 10.8 Å². The zero-order valence-electron chi connectivity index (χ0n) is 15.0. The highest BCUT2D eigenvalue weighted by atomic mass is 16.6. The lowest BCUT2D eigenvalue weighted by Crippen LogP contribution is -2.71. The number of ether oxygens (including phenoxy) is 3. The minimum Gasteiger partial charge on any atom is -0.480 e. The van der Waals surface area contributed by atoms with E-state index in [1.54, 1.807) is 27.9 Å². The van der Waals surface area contributed by atoms with E-state index in [2.05, 4.69) is 5.32 Å². The first kappa shape index (κ1) is 19.0. The van der Waals surface area contributed by atoms with E-state index in [1.165, 1.54) is 0 Å². The topological polar surface area (TPSA) is 94.1 Å². The minimum atomic E-state index is -0.995. The third-order valence-electron chi connectivity index (χ3n) is 4.91. The van der Waals surface area contributed by atoms with Crippen molar-refractivity contribution in [1.82, 2.24) is 5.32 Å². The Morgan fingerprint density at radius 2 is 1.79 bits per heavy atom. The van der Waals surface area contributed by atoms with Crippen LogP contribution in [0.25, 0.3) is 0 Å². The molecule has 3 fully saturated rings. The van der Waals surface area contributed by atoms with Crippen molar-refractivity contribution < 1.29 is 28.9 Å². The summed E-state index contributed by atoms with van der Waals surface area (Å²) in [6.45, 7) is 7.08. The van der Waals surface area contributed by atoms with E-state index >= 15 is 0 Å². The zero-order valence-corrected chi connectivity index (χ0v) is 15.0. The number of carboxylic acids is 1. The molecule has 1 atom stereocenters. The molecule has 138 valence electrons. The minimum absolute atomic E-state index is 0.191. The van der Waals surface area contributed by atoms with E-state index in [4.69, 9.17) is 14.2 Å². The molecule has 3 rings (SSSR count). The number of amides is 1. The van der Waals surface area contributed by atoms with Gasteiger partial charge in [0.2, 0.25) is 0 Å². The van der Waals surface area contributed by atoms with Gasteiger partial charge in [-0.1, -0.05) is 0 Å². The standard InChI is InChI=1S/C17H29NO6/c1-15(2,3)24-14(21)18-12(13(19)20)17-9-16(10-17,11-17)5-6-23-8-7-22-4/h12H,5-11H2,1-4H3,(H,18,21)(H,19,20). The third kappa shape index (κ3) is 4.19. The quantitative estimate of drug-likeness (QED) is 0.623. The maximum Gasteiger partial charge on any atom is 0.408 e. The highest BCUT2D eigenvalue weighted by molar-refractivity contribution is 5.81. The van der Waals surface area contributed by atoms with Crippen LogP contribution in [0, 0.1) is 10.8 Å². The van der Waals surface area contributed by atoms with Gasteiger partial charge in [-0.05, 0) is 51.9 Å². The van der Waals surface area contributed by atoms with Crippen molar-refractivity contribution in [2.24, 2.45) is 10.8 Å². The van der Waals surface area contributed by atoms with Crippen LogP contribution in [0.5, 0.6) is 0 Å². The molecule has 0 aromatic rings. The van der Waals surface area contributed by atoms with Gasteiger partial charge >= 0.3 is 12.1 Å². The Labute approximate surface area is 143 Å². The molecule has 2 N–H and O–H groups in total. The predicted octanol–water partition coefficient (Wildman–Crippen LogP) is 2.19. The number of methoxy groups -OCH3 is 1. The number of nitrogens with one attached hydrogen (secondary N) is 1. The molecule has 0 spiro atoms. The highest BCUT2D eigenvalue weighted by Crippen LogP contribution is 2.76. The third-order valence-corrected chi connectivity index (χ3v) is 4.91. The number of hydrogen-bond donors (Lipinski definition) is 2. The van der Waals surface area contributed by atoms with Gasteiger partial charge < -0.3 is 24.6 Å². The van der Waals surface area contributed by atoms with Crippen molar-refractivity contribution in [1.29, 1.82) is 0 Å². The number of rotatable bonds is 9. The summed E-state index contributed by atoms with van der Waals surface area (Å²) in [5.74, 6) is -0.995. The summed E-state index contributed by atoms with van der Waals surface area (Å²) in [5, 5.41) is 12.0. The van der Waals surface area contributed by atoms with E-state index in [0.29, 0.717) is 19.8 Å². The zero-order chi connectivity index (χ0) is 18.0. The molecule has 3 aliphatic rings. The fraction of sp³-hybridized carbons (Fsp3) is 0.882. The molecule has 1 unspecified atom stereocenters. The van der Waals surface area contributed by atoms with Crippen LogP contribution in [0.15, 0.2) is 0 Å². The molecule has 1 amide bonds. The van der Waals surface area contributed by atoms with Crippen molar-refractivity contribution >= 4 is 12.1 Å². The van der Waals surface area contributed by atoms with Gasteiger partial charge in [0.25, 0.3) is 0 Å². The molecule has 7 heteroatoms. The molecule has 0 aromatic carbocycles. The summed E-state index contributed by atoms with van der Waals surface area (Å²) < 4.78 is 15.6. The molecule has 7 nitrogen and oxygen atoms in total. The van der Waals surface area contributed by atoms with Gasteiger partial charge in [0.15, 0.2) is 0 Å². The molecule has 0 aliphatic heterocycles. The number of carbonyl (C=O) groups is 2. The fourth-order valence-electron chi connectivity index (χ4n) is 4.09. The molecule has 0 radical (unpaired) electrons. The van der Waals surface area contributed by atoms with Crippen LogP contribution in [0.4, 0.5) is 4.79 Å². The second-order valence-electron chi connectivity index (χ2n) is 8.17. The second-order valence-corrected chi connectivity index (χ2v) is 8.17. The molecular weight excluding hydrogens is 314 g/mol. The normalized spacial score (nSPS) is 29.2. The van der Waals surface area contributed by atoms with Crippen molar-refractivity contribution in [3.63, 3.8) is 0 Å². The van der Waals surface area contributed by atoms with Crippen molar-refractivity contribution in [3.05, 3.63) is 0 Å². The van der Waals surface area contributed by atoms with Crippen LogP contribution in [-0.2, 0) is 19.0 Å². The number of hydrogen-bond acceptors (Lipinski definition) is 5. The van der Waals surface area contributed by atoms with E-state index < -0.39 is 23.7 Å². The Bertz CT molecular complexity index is 464. The number of aliphatic carboxylic acids is 1. The maximum atomic E-state index is 11.9. The number of carboxylic acid groups (broad SMARTS) is 1. The summed E-state index contributed by atoms with van der Waals surface area (Å²) in [6, 6.07) is -0.886. The van der Waals surface area contributed by atoms with Crippen LogP contribution in [0.3, 0.4) is 0 Å². The van der Waals surface area contributed by atoms with E-state index in [1.807, 2.05) is 0 Å². The smallest absolute Gasteiger partial charge is 0.408 e. The number of carbonyl (C=O) groups excluding carboxylic acids is 1. The molecule has 0 heterocycles. The molecule has 24 heavy (non-hydrogen) atoms. The molecule has 3 aliphatic carbocycles. The first-order valence-corrected chi connectivity index (χ1v) is 8.41. The van der Waals surface area contributed by atoms with Crippen LogP contribution in [0.2, 0.25) is 0 Å². The van der Waals surface area contributed by atoms with Crippen LogP contribution in [0.1, 0.15) is 46.5 Å². The second kappa shape index (κ2) is 6.88. The van der Waals surface area contributed by atoms with Gasteiger partial charge in [-0.2, -0.15) is 0 Å². The summed E-state index contributed by atoms with van der Waals surface area (Å²) in [4.78, 5) is 23.5. The Morgan fingerprint density at radius 1 is 1.17 bits per heavy atom. The Hall–Kier alpha value is -1.34. The van der Waals surface area contributed by atoms with Crippen molar-refractivity contribution in [2.75, 3.05) is 26.9 Å². The molecule has 0 saturated heterocycles. The van der Waals surface area contributed by atoms with Crippen LogP contribution in [-0.4, -0.2) is 55.7 Å². The van der Waals surface area contributed by atoms with Crippen molar-refractivity contribution in [2.45, 2.75) is 58.1 Å². The molecular formula is C17H29NO6. The summed E-state index contributed by atoms with van der Waals surface area (Å²) >= 11 is 0. The summed E-state index contributed by atoms with van der Waals surface area (Å²) in [7, 11) is 1.64. The van der Waals surface area contributed by atoms with Gasteiger partial charge in [-0.3, -0.25) is 0 Å². The predicted molar refractivity (Wildman–Crippen MR) is 86.8 cm³/mol. The lowest BCUT2D eigenvalue weighted by molar-refractivity contribution is -0.232. The number of alkyl carbamates (subject to hydrolysis) is 1. The van der Waals surface area contributed by atoms with Gasteiger partial charge in [-0.15, -0.1) is 0 Å². The Morgan fingerprint density at radius 3 is 2.29 bits per heavy atom. The van der Waals surface area contributed by atoms with E-state index in [0.717, 1.165) is 25.7 Å². The average Bonchev–Trinajstić information content (AvgIpc) is 2.35. The molecule has 0 aromatic heterocycles. The van der Waals surface area contributed by atoms with Crippen molar-refractivity contribution in [3.8, 4) is 0 Å². The highest BCUT2D eigenvalue weighted by Gasteiger charge is 2.71. The van der Waals surface area contributed by atoms with E-state index in [9.17, 15) is 14.7 Å². The molecule has 3 saturated carbocycles. The maximum absolute atomic E-state index is 11.9. The lowest BCUT2D eigenvalue weighted by atomic mass is 9.32. The van der Waals surface area contributed by atoms with Crippen LogP contribution < -0.4 is 5.32 Å². The largest absolute Gasteiger partial charge is 0.480 e. The Balaban J connectivity index is 1.79. The monoisotopic (exact) mass is 343 g/mol.